The first-order valence-electron chi connectivity index (χ1n) is 8.02. The molecule has 0 aliphatic rings. The van der Waals surface area contributed by atoms with E-state index >= 15 is 0 Å². The Labute approximate surface area is 157 Å². The number of halogens is 1. The molecule has 2 aromatic rings. The third-order valence-corrected chi connectivity index (χ3v) is 3.77. The molecule has 26 heavy (non-hydrogen) atoms. The molecule has 0 saturated carbocycles. The Morgan fingerprint density at radius 1 is 0.846 bits per heavy atom. The van der Waals surface area contributed by atoms with Crippen molar-refractivity contribution in [2.24, 2.45) is 0 Å². The third kappa shape index (κ3) is 5.97. The van der Waals surface area contributed by atoms with Gasteiger partial charge >= 0.3 is 0 Å². The lowest BCUT2D eigenvalue weighted by atomic mass is 10.1. The van der Waals surface area contributed by atoms with E-state index in [1.54, 1.807) is 18.2 Å². The first kappa shape index (κ1) is 19.6. The van der Waals surface area contributed by atoms with E-state index in [9.17, 15) is 9.59 Å². The molecule has 7 heteroatoms. The van der Waals surface area contributed by atoms with Gasteiger partial charge in [0.25, 0.3) is 11.8 Å². The predicted octanol–water partition coefficient (Wildman–Crippen LogP) is 2.87. The van der Waals surface area contributed by atoms with Crippen molar-refractivity contribution in [1.82, 2.24) is 10.9 Å². The second kappa shape index (κ2) is 9.10. The van der Waals surface area contributed by atoms with Crippen LogP contribution in [0.3, 0.4) is 0 Å². The summed E-state index contributed by atoms with van der Waals surface area (Å²) in [6, 6.07) is 10.8. The number of hydrazine groups is 1. The lowest BCUT2D eigenvalue weighted by molar-refractivity contribution is -0.131. The zero-order chi connectivity index (χ0) is 19.1. The zero-order valence-corrected chi connectivity index (χ0v) is 15.6. The highest BCUT2D eigenvalue weighted by atomic mass is 35.5. The Hall–Kier alpha value is -2.73. The monoisotopic (exact) mass is 376 g/mol. The molecule has 0 saturated heterocycles. The number of hydrogen-bond donors (Lipinski definition) is 2. The fourth-order valence-corrected chi connectivity index (χ4v) is 2.36. The van der Waals surface area contributed by atoms with Gasteiger partial charge in [0.1, 0.15) is 11.5 Å². The summed E-state index contributed by atoms with van der Waals surface area (Å²) in [6.07, 6.45) is 0. The summed E-state index contributed by atoms with van der Waals surface area (Å²) in [5.41, 5.74) is 7.34. The van der Waals surface area contributed by atoms with E-state index < -0.39 is 11.8 Å². The van der Waals surface area contributed by atoms with Crippen LogP contribution in [-0.2, 0) is 9.59 Å². The minimum absolute atomic E-state index is 0.207. The van der Waals surface area contributed by atoms with Crippen molar-refractivity contribution in [3.8, 4) is 11.5 Å². The van der Waals surface area contributed by atoms with Crippen molar-refractivity contribution in [2.75, 3.05) is 13.2 Å². The molecule has 0 fully saturated rings. The van der Waals surface area contributed by atoms with E-state index in [0.717, 1.165) is 16.7 Å². The first-order valence-corrected chi connectivity index (χ1v) is 8.39. The van der Waals surface area contributed by atoms with Crippen molar-refractivity contribution in [2.45, 2.75) is 20.8 Å². The Morgan fingerprint density at radius 3 is 2.08 bits per heavy atom. The first-order chi connectivity index (χ1) is 12.3. The molecule has 2 N–H and O–H groups in total. The number of rotatable bonds is 6. The van der Waals surface area contributed by atoms with Gasteiger partial charge in [0, 0.05) is 5.02 Å². The van der Waals surface area contributed by atoms with Crippen LogP contribution >= 0.6 is 11.6 Å². The highest BCUT2D eigenvalue weighted by Gasteiger charge is 2.09. The topological polar surface area (TPSA) is 76.7 Å². The summed E-state index contributed by atoms with van der Waals surface area (Å²) < 4.78 is 10.9. The second-order valence-electron chi connectivity index (χ2n) is 5.85. The fourth-order valence-electron chi connectivity index (χ4n) is 2.14. The van der Waals surface area contributed by atoms with E-state index in [1.165, 1.54) is 0 Å². The van der Waals surface area contributed by atoms with Gasteiger partial charge in [0.15, 0.2) is 13.2 Å². The molecular weight excluding hydrogens is 356 g/mol. The van der Waals surface area contributed by atoms with Crippen LogP contribution in [0, 0.1) is 20.8 Å². The van der Waals surface area contributed by atoms with E-state index in [4.69, 9.17) is 21.1 Å². The molecule has 138 valence electrons. The summed E-state index contributed by atoms with van der Waals surface area (Å²) in [6.45, 7) is 5.22. The molecule has 2 amide bonds. The van der Waals surface area contributed by atoms with Crippen LogP contribution < -0.4 is 20.3 Å². The molecule has 0 atom stereocenters. The minimum Gasteiger partial charge on any atom is -0.483 e. The number of carbonyl (C=O) groups is 2. The molecule has 6 nitrogen and oxygen atoms in total. The minimum atomic E-state index is -0.487. The predicted molar refractivity (Wildman–Crippen MR) is 99.4 cm³/mol. The van der Waals surface area contributed by atoms with Gasteiger partial charge in [0.2, 0.25) is 0 Å². The van der Waals surface area contributed by atoms with E-state index in [-0.39, 0.29) is 13.2 Å². The number of amides is 2. The molecule has 2 rings (SSSR count). The van der Waals surface area contributed by atoms with Crippen LogP contribution in [-0.4, -0.2) is 25.0 Å². The summed E-state index contributed by atoms with van der Waals surface area (Å²) in [4.78, 5) is 23.5. The molecule has 0 heterocycles. The van der Waals surface area contributed by atoms with Crippen LogP contribution in [0.2, 0.25) is 5.02 Å². The fraction of sp³-hybridized carbons (Fsp3) is 0.263. The molecule has 0 aliphatic carbocycles. The van der Waals surface area contributed by atoms with Gasteiger partial charge in [-0.3, -0.25) is 20.4 Å². The Bertz CT molecular complexity index is 808. The van der Waals surface area contributed by atoms with Crippen molar-refractivity contribution in [1.29, 1.82) is 0 Å². The molecule has 0 aliphatic heterocycles. The van der Waals surface area contributed by atoms with E-state index in [2.05, 4.69) is 10.9 Å². The average molecular weight is 377 g/mol. The highest BCUT2D eigenvalue weighted by molar-refractivity contribution is 6.30. The Kier molecular flexibility index (Phi) is 6.86. The number of aryl methyl sites for hydroxylation is 3. The van der Waals surface area contributed by atoms with Crippen molar-refractivity contribution >= 4 is 23.4 Å². The number of benzene rings is 2. The largest absolute Gasteiger partial charge is 0.483 e. The van der Waals surface area contributed by atoms with Crippen LogP contribution in [0.15, 0.2) is 36.4 Å². The van der Waals surface area contributed by atoms with Crippen molar-refractivity contribution in [3.63, 3.8) is 0 Å². The Morgan fingerprint density at radius 2 is 1.46 bits per heavy atom. The molecule has 0 radical (unpaired) electrons. The van der Waals surface area contributed by atoms with Crippen LogP contribution in [0.4, 0.5) is 0 Å². The number of ether oxygens (including phenoxy) is 2. The van der Waals surface area contributed by atoms with E-state index in [0.29, 0.717) is 16.5 Å². The van der Waals surface area contributed by atoms with Crippen molar-refractivity contribution < 1.29 is 19.1 Å². The second-order valence-corrected chi connectivity index (χ2v) is 6.29. The molecule has 0 aromatic heterocycles. The van der Waals surface area contributed by atoms with Gasteiger partial charge in [0.05, 0.1) is 0 Å². The average Bonchev–Trinajstić information content (AvgIpc) is 2.60. The SMILES string of the molecule is Cc1ccc(C)c(OCC(=O)NNC(=O)COc2ccc(Cl)cc2C)c1. The van der Waals surface area contributed by atoms with E-state index in [1.807, 2.05) is 39.0 Å². The zero-order valence-electron chi connectivity index (χ0n) is 14.9. The van der Waals surface area contributed by atoms with Gasteiger partial charge in [-0.25, -0.2) is 0 Å². The summed E-state index contributed by atoms with van der Waals surface area (Å²) >= 11 is 5.86. The number of hydrogen-bond acceptors (Lipinski definition) is 4. The lowest BCUT2D eigenvalue weighted by Gasteiger charge is -2.12. The van der Waals surface area contributed by atoms with Crippen LogP contribution in [0.1, 0.15) is 16.7 Å². The maximum atomic E-state index is 11.8. The number of carbonyl (C=O) groups excluding carboxylic acids is 2. The molecule has 0 unspecified atom stereocenters. The maximum absolute atomic E-state index is 11.8. The summed E-state index contributed by atoms with van der Waals surface area (Å²) in [7, 11) is 0. The summed E-state index contributed by atoms with van der Waals surface area (Å²) in [5.74, 6) is 0.225. The van der Waals surface area contributed by atoms with Gasteiger partial charge in [-0.05, 0) is 61.7 Å². The molecular formula is C19H21ClN2O4. The van der Waals surface area contributed by atoms with Crippen LogP contribution in [0.5, 0.6) is 11.5 Å². The molecule has 0 bridgehead atoms. The lowest BCUT2D eigenvalue weighted by Crippen LogP contribution is -2.45. The Balaban J connectivity index is 1.73. The smallest absolute Gasteiger partial charge is 0.276 e. The van der Waals surface area contributed by atoms with Gasteiger partial charge < -0.3 is 9.47 Å². The standard InChI is InChI=1S/C19H21ClN2O4/c1-12-4-5-13(2)17(8-12)26-11-19(24)22-21-18(23)10-25-16-7-6-15(20)9-14(16)3/h4-9H,10-11H2,1-3H3,(H,21,23)(H,22,24). The quantitative estimate of drug-likeness (QED) is 0.760. The van der Waals surface area contributed by atoms with Crippen LogP contribution in [0.25, 0.3) is 0 Å². The number of nitrogens with one attached hydrogen (secondary N) is 2. The summed E-state index contributed by atoms with van der Waals surface area (Å²) in [5, 5.41) is 0.593. The van der Waals surface area contributed by atoms with Gasteiger partial charge in [-0.2, -0.15) is 0 Å². The molecule has 0 spiro atoms. The van der Waals surface area contributed by atoms with Gasteiger partial charge in [-0.15, -0.1) is 0 Å². The normalized spacial score (nSPS) is 10.2. The van der Waals surface area contributed by atoms with Gasteiger partial charge in [-0.1, -0.05) is 23.7 Å². The van der Waals surface area contributed by atoms with Crippen molar-refractivity contribution in [3.05, 3.63) is 58.1 Å². The highest BCUT2D eigenvalue weighted by Crippen LogP contribution is 2.21. The maximum Gasteiger partial charge on any atom is 0.276 e. The third-order valence-electron chi connectivity index (χ3n) is 3.54. The molecule has 2 aromatic carbocycles.